The lowest BCUT2D eigenvalue weighted by Gasteiger charge is -2.21. The van der Waals surface area contributed by atoms with E-state index in [1.165, 1.54) is 173 Å². The van der Waals surface area contributed by atoms with Crippen LogP contribution < -0.4 is 0 Å². The average molecular weight is 1330 g/mol. The van der Waals surface area contributed by atoms with Crippen LogP contribution >= 0.6 is 15.6 Å². The van der Waals surface area contributed by atoms with E-state index in [0.29, 0.717) is 25.7 Å². The van der Waals surface area contributed by atoms with E-state index in [1.54, 1.807) is 0 Å². The smallest absolute Gasteiger partial charge is 0.462 e. The fourth-order valence-corrected chi connectivity index (χ4v) is 12.3. The van der Waals surface area contributed by atoms with Crippen molar-refractivity contribution in [1.82, 2.24) is 0 Å². The van der Waals surface area contributed by atoms with Crippen LogP contribution in [0.25, 0.3) is 0 Å². The van der Waals surface area contributed by atoms with Crippen molar-refractivity contribution >= 4 is 39.5 Å². The molecule has 0 aliphatic rings. The van der Waals surface area contributed by atoms with Gasteiger partial charge in [0.1, 0.15) is 19.3 Å². The van der Waals surface area contributed by atoms with Crippen LogP contribution in [0.15, 0.2) is 0 Å². The van der Waals surface area contributed by atoms with Gasteiger partial charge in [-0.15, -0.1) is 0 Å². The van der Waals surface area contributed by atoms with Crippen LogP contribution in [0.1, 0.15) is 363 Å². The van der Waals surface area contributed by atoms with Crippen LogP contribution in [-0.2, 0) is 65.4 Å². The minimum atomic E-state index is -4.95. The quantitative estimate of drug-likeness (QED) is 0.0222. The molecule has 0 aliphatic carbocycles. The summed E-state index contributed by atoms with van der Waals surface area (Å²) in [5.41, 5.74) is 0. The molecule has 0 rings (SSSR count). The Morgan fingerprint density at radius 1 is 0.322 bits per heavy atom. The lowest BCUT2D eigenvalue weighted by atomic mass is 9.99. The molecule has 0 aromatic heterocycles. The van der Waals surface area contributed by atoms with E-state index in [1.807, 2.05) is 0 Å². The van der Waals surface area contributed by atoms with Gasteiger partial charge in [0, 0.05) is 25.7 Å². The maximum atomic E-state index is 13.0. The Balaban J connectivity index is 5.16. The molecular weight excluding hydrogens is 1190 g/mol. The molecule has 0 aliphatic heterocycles. The number of carbonyl (C=O) groups is 4. The Morgan fingerprint density at radius 3 is 0.844 bits per heavy atom. The second-order valence-electron chi connectivity index (χ2n) is 26.3. The molecule has 534 valence electrons. The summed E-state index contributed by atoms with van der Waals surface area (Å²) in [5.74, 6) is -0.520. The van der Waals surface area contributed by atoms with Crippen molar-refractivity contribution in [2.45, 2.75) is 381 Å². The van der Waals surface area contributed by atoms with Gasteiger partial charge in [-0.3, -0.25) is 37.3 Å². The summed E-state index contributed by atoms with van der Waals surface area (Å²) in [6.07, 6.45) is 48.8. The van der Waals surface area contributed by atoms with E-state index >= 15 is 0 Å². The first-order chi connectivity index (χ1) is 43.4. The molecule has 0 aromatic rings. The molecule has 0 spiro atoms. The highest BCUT2D eigenvalue weighted by atomic mass is 31.2. The van der Waals surface area contributed by atoms with Gasteiger partial charge in [-0.1, -0.05) is 311 Å². The number of ether oxygens (including phenoxy) is 4. The maximum Gasteiger partial charge on any atom is 0.472 e. The number of aliphatic hydroxyl groups excluding tert-OH is 1. The molecule has 17 nitrogen and oxygen atoms in total. The van der Waals surface area contributed by atoms with E-state index in [4.69, 9.17) is 37.0 Å². The molecule has 0 fully saturated rings. The third-order valence-electron chi connectivity index (χ3n) is 16.8. The van der Waals surface area contributed by atoms with Crippen molar-refractivity contribution in [3.63, 3.8) is 0 Å². The molecule has 0 saturated carbocycles. The third-order valence-corrected chi connectivity index (χ3v) is 18.7. The molecule has 0 saturated heterocycles. The van der Waals surface area contributed by atoms with Crippen LogP contribution in [0.4, 0.5) is 0 Å². The standard InChI is InChI=1S/C71H138O17P2/c1-7-10-12-14-15-16-17-21-25-32-37-43-49-55-70(75)87-66(59-81-68(73)53-47-39-13-11-8-2)61-85-89(77,78)83-57-65(72)58-84-90(79,80)86-62-67(60-82-69(74)54-48-42-36-31-28-27-30-35-41-46-52-64(6)9-3)88-71(76)56-50-44-38-33-26-23-20-18-19-22-24-29-34-40-45-51-63(4)5/h63-67,72H,7-62H2,1-6H3,(H,77,78)(H,79,80)/t64?,65-,66+,67+/m0/s1. The van der Waals surface area contributed by atoms with Crippen molar-refractivity contribution in [2.75, 3.05) is 39.6 Å². The topological polar surface area (TPSA) is 237 Å². The Bertz CT molecular complexity index is 1750. The van der Waals surface area contributed by atoms with Crippen molar-refractivity contribution in [1.29, 1.82) is 0 Å². The fourth-order valence-electron chi connectivity index (χ4n) is 10.7. The first kappa shape index (κ1) is 88.1. The number of rotatable bonds is 70. The van der Waals surface area contributed by atoms with Crippen LogP contribution in [0.2, 0.25) is 0 Å². The second kappa shape index (κ2) is 63.1. The van der Waals surface area contributed by atoms with Gasteiger partial charge in [-0.25, -0.2) is 9.13 Å². The van der Waals surface area contributed by atoms with Crippen LogP contribution in [0.3, 0.4) is 0 Å². The number of aliphatic hydroxyl groups is 1. The van der Waals surface area contributed by atoms with Gasteiger partial charge in [0.15, 0.2) is 12.2 Å². The second-order valence-corrected chi connectivity index (χ2v) is 29.3. The van der Waals surface area contributed by atoms with Crippen molar-refractivity contribution < 1.29 is 80.2 Å². The highest BCUT2D eigenvalue weighted by Gasteiger charge is 2.30. The van der Waals surface area contributed by atoms with Gasteiger partial charge in [-0.05, 0) is 37.5 Å². The minimum absolute atomic E-state index is 0.107. The molecule has 0 bridgehead atoms. The van der Waals surface area contributed by atoms with E-state index in [9.17, 15) is 43.2 Å². The van der Waals surface area contributed by atoms with Gasteiger partial charge in [0.05, 0.1) is 26.4 Å². The number of carbonyl (C=O) groups excluding carboxylic acids is 4. The average Bonchev–Trinajstić information content (AvgIpc) is 2.59. The summed E-state index contributed by atoms with van der Waals surface area (Å²) in [5, 5.41) is 10.6. The fraction of sp³-hybridized carbons (Fsp3) is 0.944. The van der Waals surface area contributed by atoms with Gasteiger partial charge in [-0.2, -0.15) is 0 Å². The van der Waals surface area contributed by atoms with E-state index in [0.717, 1.165) is 108 Å². The first-order valence-corrected chi connectivity index (χ1v) is 40.0. The van der Waals surface area contributed by atoms with Gasteiger partial charge >= 0.3 is 39.5 Å². The Kier molecular flexibility index (Phi) is 61.8. The van der Waals surface area contributed by atoms with Crippen LogP contribution in [-0.4, -0.2) is 96.7 Å². The minimum Gasteiger partial charge on any atom is -0.462 e. The monoisotopic (exact) mass is 1320 g/mol. The molecule has 0 amide bonds. The van der Waals surface area contributed by atoms with Crippen molar-refractivity contribution in [3.05, 3.63) is 0 Å². The number of hydrogen-bond acceptors (Lipinski definition) is 15. The van der Waals surface area contributed by atoms with Gasteiger partial charge in [0.25, 0.3) is 0 Å². The predicted octanol–water partition coefficient (Wildman–Crippen LogP) is 20.4. The molecule has 0 heterocycles. The normalized spacial score (nSPS) is 14.4. The summed E-state index contributed by atoms with van der Waals surface area (Å²) in [6.45, 7) is 9.53. The molecule has 0 aromatic carbocycles. The Labute approximate surface area is 549 Å². The number of unbranched alkanes of at least 4 members (excludes halogenated alkanes) is 39. The van der Waals surface area contributed by atoms with Crippen LogP contribution in [0, 0.1) is 11.8 Å². The van der Waals surface area contributed by atoms with Crippen LogP contribution in [0.5, 0.6) is 0 Å². The summed E-state index contributed by atoms with van der Waals surface area (Å²) in [4.78, 5) is 72.3. The number of esters is 4. The maximum absolute atomic E-state index is 13.0. The number of hydrogen-bond donors (Lipinski definition) is 3. The van der Waals surface area contributed by atoms with E-state index < -0.39 is 97.5 Å². The molecular formula is C71H138O17P2. The number of phosphoric ester groups is 2. The lowest BCUT2D eigenvalue weighted by molar-refractivity contribution is -0.161. The van der Waals surface area contributed by atoms with E-state index in [2.05, 4.69) is 41.5 Å². The molecule has 0 radical (unpaired) electrons. The summed E-state index contributed by atoms with van der Waals surface area (Å²) < 4.78 is 68.1. The molecule has 90 heavy (non-hydrogen) atoms. The summed E-state index contributed by atoms with van der Waals surface area (Å²) >= 11 is 0. The zero-order valence-corrected chi connectivity index (χ0v) is 60.2. The lowest BCUT2D eigenvalue weighted by Crippen LogP contribution is -2.30. The Morgan fingerprint density at radius 2 is 0.567 bits per heavy atom. The predicted molar refractivity (Wildman–Crippen MR) is 363 cm³/mol. The highest BCUT2D eigenvalue weighted by Crippen LogP contribution is 2.45. The Hall–Kier alpha value is -1.94. The third kappa shape index (κ3) is 63.5. The van der Waals surface area contributed by atoms with E-state index in [-0.39, 0.29) is 25.7 Å². The molecule has 6 atom stereocenters. The molecule has 19 heteroatoms. The molecule has 3 unspecified atom stereocenters. The zero-order chi connectivity index (χ0) is 66.5. The SMILES string of the molecule is CCCCCCCCCCCCCCCC(=O)O[C@H](COC(=O)CCCCCCC)COP(=O)(O)OC[C@H](O)COP(=O)(O)OC[C@@H](COC(=O)CCCCCCCCCCCCC(C)CC)OC(=O)CCCCCCCCCCCCCCCCCC(C)C. The highest BCUT2D eigenvalue weighted by molar-refractivity contribution is 7.47. The van der Waals surface area contributed by atoms with Crippen molar-refractivity contribution in [3.8, 4) is 0 Å². The number of phosphoric acid groups is 2. The first-order valence-electron chi connectivity index (χ1n) is 37.0. The largest absolute Gasteiger partial charge is 0.472 e. The van der Waals surface area contributed by atoms with Gasteiger partial charge < -0.3 is 33.8 Å². The summed E-state index contributed by atoms with van der Waals surface area (Å²) in [6, 6.07) is 0. The van der Waals surface area contributed by atoms with Crippen molar-refractivity contribution in [2.24, 2.45) is 11.8 Å². The summed E-state index contributed by atoms with van der Waals surface area (Å²) in [7, 11) is -9.89. The van der Waals surface area contributed by atoms with Gasteiger partial charge in [0.2, 0.25) is 0 Å². The molecule has 3 N–H and O–H groups in total. The zero-order valence-electron chi connectivity index (χ0n) is 58.4.